The number of amides is 2. The molecule has 3 N–H and O–H groups in total. The Labute approximate surface area is 180 Å². The summed E-state index contributed by atoms with van der Waals surface area (Å²) < 4.78 is 0. The van der Waals surface area contributed by atoms with Crippen LogP contribution in [-0.2, 0) is 5.41 Å². The first-order valence-electron chi connectivity index (χ1n) is 10.1. The van der Waals surface area contributed by atoms with Crippen molar-refractivity contribution in [3.8, 4) is 0 Å². The first-order chi connectivity index (χ1) is 14.8. The van der Waals surface area contributed by atoms with Crippen LogP contribution in [0.15, 0.2) is 72.9 Å². The Morgan fingerprint density at radius 1 is 0.806 bits per heavy atom. The van der Waals surface area contributed by atoms with E-state index in [9.17, 15) is 9.59 Å². The molecule has 0 unspecified atom stereocenters. The lowest BCUT2D eigenvalue weighted by Gasteiger charge is -2.19. The van der Waals surface area contributed by atoms with Gasteiger partial charge in [-0.05, 0) is 59.5 Å². The van der Waals surface area contributed by atoms with Crippen molar-refractivity contribution in [2.45, 2.75) is 26.2 Å². The van der Waals surface area contributed by atoms with E-state index in [1.54, 1.807) is 30.5 Å². The fourth-order valence-corrected chi connectivity index (χ4v) is 3.29. The Balaban J connectivity index is 1.46. The zero-order valence-electron chi connectivity index (χ0n) is 17.7. The van der Waals surface area contributed by atoms with Gasteiger partial charge in [-0.25, -0.2) is 0 Å². The van der Waals surface area contributed by atoms with Gasteiger partial charge in [0, 0.05) is 27.9 Å². The highest BCUT2D eigenvalue weighted by Crippen LogP contribution is 2.23. The second-order valence-corrected chi connectivity index (χ2v) is 8.49. The van der Waals surface area contributed by atoms with Crippen molar-refractivity contribution in [3.63, 3.8) is 0 Å². The van der Waals surface area contributed by atoms with Gasteiger partial charge in [0.05, 0.1) is 11.7 Å². The Hall–Kier alpha value is -3.93. The van der Waals surface area contributed by atoms with Gasteiger partial charge in [0.25, 0.3) is 11.8 Å². The van der Waals surface area contributed by atoms with Gasteiger partial charge in [-0.2, -0.15) is 5.10 Å². The molecule has 1 aromatic heterocycles. The molecule has 0 aliphatic heterocycles. The van der Waals surface area contributed by atoms with Crippen LogP contribution < -0.4 is 10.6 Å². The van der Waals surface area contributed by atoms with Gasteiger partial charge in [-0.3, -0.25) is 14.7 Å². The third-order valence-corrected chi connectivity index (χ3v) is 5.09. The maximum atomic E-state index is 12.7. The fraction of sp³-hybridized carbons (Fsp3) is 0.160. The monoisotopic (exact) mass is 412 g/mol. The van der Waals surface area contributed by atoms with E-state index in [4.69, 9.17) is 0 Å². The van der Waals surface area contributed by atoms with Crippen molar-refractivity contribution < 1.29 is 9.59 Å². The highest BCUT2D eigenvalue weighted by molar-refractivity contribution is 6.07. The second kappa shape index (κ2) is 8.07. The molecule has 4 rings (SSSR count). The van der Waals surface area contributed by atoms with Gasteiger partial charge >= 0.3 is 0 Å². The van der Waals surface area contributed by atoms with Gasteiger partial charge in [0.2, 0.25) is 0 Å². The van der Waals surface area contributed by atoms with Crippen molar-refractivity contribution in [2.24, 2.45) is 0 Å². The summed E-state index contributed by atoms with van der Waals surface area (Å²) in [6.07, 6.45) is 1.70. The third kappa shape index (κ3) is 4.64. The van der Waals surface area contributed by atoms with Crippen molar-refractivity contribution in [1.82, 2.24) is 10.2 Å². The maximum absolute atomic E-state index is 12.7. The van der Waals surface area contributed by atoms with Crippen molar-refractivity contribution >= 4 is 34.1 Å². The largest absolute Gasteiger partial charge is 0.322 e. The molecule has 3 aromatic carbocycles. The zero-order valence-corrected chi connectivity index (χ0v) is 17.7. The van der Waals surface area contributed by atoms with E-state index in [2.05, 4.69) is 41.6 Å². The number of fused-ring (bicyclic) bond motifs is 1. The summed E-state index contributed by atoms with van der Waals surface area (Å²) in [4.78, 5) is 25.3. The molecule has 0 saturated heterocycles. The first kappa shape index (κ1) is 20.3. The highest BCUT2D eigenvalue weighted by Gasteiger charge is 2.15. The second-order valence-electron chi connectivity index (χ2n) is 8.49. The van der Waals surface area contributed by atoms with E-state index in [1.807, 2.05) is 42.5 Å². The molecule has 0 fully saturated rings. The molecule has 0 spiro atoms. The van der Waals surface area contributed by atoms with Crippen LogP contribution >= 0.6 is 0 Å². The van der Waals surface area contributed by atoms with Crippen LogP contribution in [0.1, 0.15) is 47.1 Å². The molecule has 0 atom stereocenters. The fourth-order valence-electron chi connectivity index (χ4n) is 3.29. The van der Waals surface area contributed by atoms with Crippen LogP contribution in [-0.4, -0.2) is 22.0 Å². The lowest BCUT2D eigenvalue weighted by molar-refractivity contribution is 0.101. The Morgan fingerprint density at radius 2 is 1.48 bits per heavy atom. The minimum Gasteiger partial charge on any atom is -0.322 e. The predicted octanol–water partition coefficient (Wildman–Crippen LogP) is 5.37. The molecule has 0 saturated carbocycles. The standard InChI is InChI=1S/C25H24N4O2/c1-25(2,3)19-9-7-16(8-10-19)23(30)27-20-6-4-5-17(13-20)24(31)28-21-11-12-22-18(14-21)15-26-29-22/h4-15H,1-3H3,(H,26,29)(H,27,30)(H,28,31). The SMILES string of the molecule is CC(C)(C)c1ccc(C(=O)Nc2cccc(C(=O)Nc3ccc4[nH]ncc4c3)c2)cc1. The van der Waals surface area contributed by atoms with E-state index in [1.165, 1.54) is 0 Å². The molecule has 1 heterocycles. The summed E-state index contributed by atoms with van der Waals surface area (Å²) in [6.45, 7) is 6.39. The van der Waals surface area contributed by atoms with Crippen molar-refractivity contribution in [3.05, 3.63) is 89.6 Å². The van der Waals surface area contributed by atoms with Crippen LogP contribution in [0.5, 0.6) is 0 Å². The molecule has 0 radical (unpaired) electrons. The normalized spacial score (nSPS) is 11.3. The number of benzene rings is 3. The molecule has 2 amide bonds. The lowest BCUT2D eigenvalue weighted by Crippen LogP contribution is -2.15. The number of carbonyl (C=O) groups is 2. The van der Waals surface area contributed by atoms with Crippen molar-refractivity contribution in [1.29, 1.82) is 0 Å². The number of H-pyrrole nitrogens is 1. The average molecular weight is 412 g/mol. The lowest BCUT2D eigenvalue weighted by atomic mass is 9.87. The van der Waals surface area contributed by atoms with Crippen LogP contribution in [0.2, 0.25) is 0 Å². The maximum Gasteiger partial charge on any atom is 0.255 e. The van der Waals surface area contributed by atoms with E-state index in [-0.39, 0.29) is 17.2 Å². The van der Waals surface area contributed by atoms with Crippen molar-refractivity contribution in [2.75, 3.05) is 10.6 Å². The van der Waals surface area contributed by atoms with E-state index in [0.29, 0.717) is 22.5 Å². The Kier molecular flexibility index (Phi) is 5.29. The van der Waals surface area contributed by atoms with E-state index >= 15 is 0 Å². The van der Waals surface area contributed by atoms with Crippen LogP contribution in [0, 0.1) is 0 Å². The molecule has 6 heteroatoms. The number of aromatic nitrogens is 2. The molecular formula is C25H24N4O2. The van der Waals surface area contributed by atoms with Gasteiger partial charge in [-0.1, -0.05) is 39.0 Å². The quantitative estimate of drug-likeness (QED) is 0.421. The average Bonchev–Trinajstić information content (AvgIpc) is 3.21. The molecule has 31 heavy (non-hydrogen) atoms. The predicted molar refractivity (Wildman–Crippen MR) is 124 cm³/mol. The molecule has 156 valence electrons. The number of nitrogens with one attached hydrogen (secondary N) is 3. The topological polar surface area (TPSA) is 86.9 Å². The number of anilines is 2. The molecule has 0 bridgehead atoms. The van der Waals surface area contributed by atoms with Crippen LogP contribution in [0.4, 0.5) is 11.4 Å². The minimum absolute atomic E-state index is 0.0266. The number of hydrogen-bond acceptors (Lipinski definition) is 3. The first-order valence-corrected chi connectivity index (χ1v) is 10.1. The molecular weight excluding hydrogens is 388 g/mol. The summed E-state index contributed by atoms with van der Waals surface area (Å²) >= 11 is 0. The van der Waals surface area contributed by atoms with E-state index in [0.717, 1.165) is 16.5 Å². The van der Waals surface area contributed by atoms with Crippen LogP contribution in [0.25, 0.3) is 10.9 Å². The molecule has 0 aliphatic rings. The van der Waals surface area contributed by atoms with Crippen LogP contribution in [0.3, 0.4) is 0 Å². The smallest absolute Gasteiger partial charge is 0.255 e. The highest BCUT2D eigenvalue weighted by atomic mass is 16.2. The van der Waals surface area contributed by atoms with E-state index < -0.39 is 0 Å². The molecule has 6 nitrogen and oxygen atoms in total. The summed E-state index contributed by atoms with van der Waals surface area (Å²) in [5.41, 5.74) is 4.34. The number of hydrogen-bond donors (Lipinski definition) is 3. The summed E-state index contributed by atoms with van der Waals surface area (Å²) in [6, 6.07) is 20.0. The number of aromatic amines is 1. The molecule has 0 aliphatic carbocycles. The Morgan fingerprint density at radius 3 is 2.19 bits per heavy atom. The Bertz CT molecular complexity index is 1250. The zero-order chi connectivity index (χ0) is 22.0. The summed E-state index contributed by atoms with van der Waals surface area (Å²) in [7, 11) is 0. The van der Waals surface area contributed by atoms with Gasteiger partial charge < -0.3 is 10.6 Å². The summed E-state index contributed by atoms with van der Waals surface area (Å²) in [5.74, 6) is -0.475. The molecule has 4 aromatic rings. The van der Waals surface area contributed by atoms with Gasteiger partial charge in [-0.15, -0.1) is 0 Å². The number of carbonyl (C=O) groups excluding carboxylic acids is 2. The minimum atomic E-state index is -0.256. The van der Waals surface area contributed by atoms with Gasteiger partial charge in [0.1, 0.15) is 0 Å². The van der Waals surface area contributed by atoms with Gasteiger partial charge in [0.15, 0.2) is 0 Å². The summed E-state index contributed by atoms with van der Waals surface area (Å²) in [5, 5.41) is 13.5. The number of rotatable bonds is 4. The number of nitrogens with zero attached hydrogens (tertiary/aromatic N) is 1. The third-order valence-electron chi connectivity index (χ3n) is 5.09.